The molecule has 1 N–H and O–H groups in total. The van der Waals surface area contributed by atoms with Crippen molar-refractivity contribution >= 4 is 11.6 Å². The molecule has 0 fully saturated rings. The molecule has 0 spiro atoms. The molecule has 140 valence electrons. The van der Waals surface area contributed by atoms with Crippen LogP contribution in [0.25, 0.3) is 11.3 Å². The van der Waals surface area contributed by atoms with Crippen LogP contribution in [0.15, 0.2) is 59.1 Å². The molecule has 0 aliphatic carbocycles. The minimum absolute atomic E-state index is 0.122. The van der Waals surface area contributed by atoms with Crippen molar-refractivity contribution < 1.29 is 18.7 Å². The van der Waals surface area contributed by atoms with Gasteiger partial charge in [-0.25, -0.2) is 4.98 Å². The molecule has 3 rings (SSSR count). The number of carbonyl (C=O) groups excluding carboxylic acids is 1. The molecule has 6 heteroatoms. The Morgan fingerprint density at radius 2 is 2.04 bits per heavy atom. The molecule has 1 aromatic heterocycles. The van der Waals surface area contributed by atoms with Crippen molar-refractivity contribution in [3.63, 3.8) is 0 Å². The van der Waals surface area contributed by atoms with Crippen molar-refractivity contribution in [1.29, 1.82) is 0 Å². The highest BCUT2D eigenvalue weighted by atomic mass is 16.5. The highest BCUT2D eigenvalue weighted by Crippen LogP contribution is 2.26. The zero-order valence-corrected chi connectivity index (χ0v) is 15.4. The van der Waals surface area contributed by atoms with E-state index in [2.05, 4.69) is 10.3 Å². The first kappa shape index (κ1) is 18.5. The fourth-order valence-corrected chi connectivity index (χ4v) is 2.62. The molecule has 2 aromatic carbocycles. The summed E-state index contributed by atoms with van der Waals surface area (Å²) in [6.45, 7) is 2.44. The van der Waals surface area contributed by atoms with E-state index in [-0.39, 0.29) is 12.3 Å². The van der Waals surface area contributed by atoms with Crippen LogP contribution in [0.5, 0.6) is 11.5 Å². The average Bonchev–Trinajstić information content (AvgIpc) is 3.17. The molecule has 1 amide bonds. The lowest BCUT2D eigenvalue weighted by atomic mass is 10.2. The van der Waals surface area contributed by atoms with Gasteiger partial charge in [0.15, 0.2) is 11.7 Å². The third-order valence-corrected chi connectivity index (χ3v) is 3.93. The van der Waals surface area contributed by atoms with E-state index in [4.69, 9.17) is 13.9 Å². The van der Waals surface area contributed by atoms with Crippen molar-refractivity contribution in [3.05, 3.63) is 60.6 Å². The van der Waals surface area contributed by atoms with Gasteiger partial charge < -0.3 is 19.2 Å². The number of methoxy groups -OCH3 is 1. The molecular weight excluding hydrogens is 344 g/mol. The van der Waals surface area contributed by atoms with Gasteiger partial charge in [0.25, 0.3) is 0 Å². The van der Waals surface area contributed by atoms with Gasteiger partial charge in [-0.1, -0.05) is 24.3 Å². The van der Waals surface area contributed by atoms with Gasteiger partial charge in [0.1, 0.15) is 11.5 Å². The lowest BCUT2D eigenvalue weighted by molar-refractivity contribution is -0.116. The molecule has 0 saturated carbocycles. The fraction of sp³-hybridized carbons (Fsp3) is 0.238. The van der Waals surface area contributed by atoms with Crippen LogP contribution in [-0.4, -0.2) is 24.6 Å². The van der Waals surface area contributed by atoms with Crippen LogP contribution in [0.3, 0.4) is 0 Å². The SMILES string of the molecule is CCOc1ccccc1NC(=O)CCc1ncc(-c2cccc(OC)c2)o1. The number of oxazole rings is 1. The Morgan fingerprint density at radius 3 is 2.85 bits per heavy atom. The minimum Gasteiger partial charge on any atom is -0.497 e. The third-order valence-electron chi connectivity index (χ3n) is 3.93. The zero-order chi connectivity index (χ0) is 19.1. The van der Waals surface area contributed by atoms with Gasteiger partial charge in [0.05, 0.1) is 25.6 Å². The molecule has 1 heterocycles. The molecule has 27 heavy (non-hydrogen) atoms. The van der Waals surface area contributed by atoms with Crippen LogP contribution < -0.4 is 14.8 Å². The van der Waals surface area contributed by atoms with E-state index in [1.807, 2.05) is 55.5 Å². The van der Waals surface area contributed by atoms with E-state index in [1.165, 1.54) is 0 Å². The summed E-state index contributed by atoms with van der Waals surface area (Å²) >= 11 is 0. The van der Waals surface area contributed by atoms with Crippen molar-refractivity contribution in [2.24, 2.45) is 0 Å². The fourth-order valence-electron chi connectivity index (χ4n) is 2.62. The summed E-state index contributed by atoms with van der Waals surface area (Å²) in [7, 11) is 1.62. The molecule has 0 bridgehead atoms. The maximum atomic E-state index is 12.2. The van der Waals surface area contributed by atoms with E-state index < -0.39 is 0 Å². The third kappa shape index (κ3) is 4.88. The molecule has 0 unspecified atom stereocenters. The summed E-state index contributed by atoms with van der Waals surface area (Å²) in [5.74, 6) is 2.44. The number of nitrogens with zero attached hydrogens (tertiary/aromatic N) is 1. The van der Waals surface area contributed by atoms with Crippen LogP contribution in [0, 0.1) is 0 Å². The second kappa shape index (κ2) is 8.89. The first-order valence-corrected chi connectivity index (χ1v) is 8.80. The Hall–Kier alpha value is -3.28. The number of aromatic nitrogens is 1. The van der Waals surface area contributed by atoms with Crippen molar-refractivity contribution in [2.45, 2.75) is 19.8 Å². The normalized spacial score (nSPS) is 10.4. The predicted octanol–water partition coefficient (Wildman–Crippen LogP) is 4.32. The number of benzene rings is 2. The molecular formula is C21H22N2O4. The first-order valence-electron chi connectivity index (χ1n) is 8.80. The van der Waals surface area contributed by atoms with Crippen molar-refractivity contribution in [1.82, 2.24) is 4.98 Å². The molecule has 0 atom stereocenters. The largest absolute Gasteiger partial charge is 0.497 e. The molecule has 6 nitrogen and oxygen atoms in total. The van der Waals surface area contributed by atoms with Gasteiger partial charge in [-0.2, -0.15) is 0 Å². The molecule has 0 saturated heterocycles. The van der Waals surface area contributed by atoms with Crippen LogP contribution in [0.1, 0.15) is 19.2 Å². The number of amides is 1. The van der Waals surface area contributed by atoms with Crippen molar-refractivity contribution in [3.8, 4) is 22.8 Å². The van der Waals surface area contributed by atoms with Gasteiger partial charge >= 0.3 is 0 Å². The number of hydrogen-bond donors (Lipinski definition) is 1. The van der Waals surface area contributed by atoms with E-state index in [1.54, 1.807) is 13.3 Å². The molecule has 0 aliphatic heterocycles. The second-order valence-electron chi connectivity index (χ2n) is 5.83. The van der Waals surface area contributed by atoms with Gasteiger partial charge in [0, 0.05) is 18.4 Å². The quantitative estimate of drug-likeness (QED) is 0.643. The smallest absolute Gasteiger partial charge is 0.224 e. The summed E-state index contributed by atoms with van der Waals surface area (Å²) in [6.07, 6.45) is 2.33. The molecule has 0 aliphatic rings. The Balaban J connectivity index is 1.59. The number of carbonyl (C=O) groups is 1. The average molecular weight is 366 g/mol. The second-order valence-corrected chi connectivity index (χ2v) is 5.83. The maximum absolute atomic E-state index is 12.2. The standard InChI is InChI=1S/C21H22N2O4/c1-3-26-18-10-5-4-9-17(18)23-20(24)11-12-21-22-14-19(27-21)15-7-6-8-16(13-15)25-2/h4-10,13-14H,3,11-12H2,1-2H3,(H,23,24). The van der Waals surface area contributed by atoms with Gasteiger partial charge in [0.2, 0.25) is 5.91 Å². The highest BCUT2D eigenvalue weighted by Gasteiger charge is 2.11. The van der Waals surface area contributed by atoms with E-state index in [0.29, 0.717) is 36.1 Å². The summed E-state index contributed by atoms with van der Waals surface area (Å²) in [6, 6.07) is 14.9. The van der Waals surface area contributed by atoms with Crippen molar-refractivity contribution in [2.75, 3.05) is 19.0 Å². The number of rotatable bonds is 8. The topological polar surface area (TPSA) is 73.6 Å². The predicted molar refractivity (Wildman–Crippen MR) is 103 cm³/mol. The number of para-hydroxylation sites is 2. The lowest BCUT2D eigenvalue weighted by Crippen LogP contribution is -2.13. The summed E-state index contributed by atoms with van der Waals surface area (Å²) < 4.78 is 16.5. The molecule has 3 aromatic rings. The Labute approximate surface area is 158 Å². The lowest BCUT2D eigenvalue weighted by Gasteiger charge is -2.10. The Bertz CT molecular complexity index is 904. The van der Waals surface area contributed by atoms with Crippen LogP contribution >= 0.6 is 0 Å². The van der Waals surface area contributed by atoms with E-state index in [9.17, 15) is 4.79 Å². The zero-order valence-electron chi connectivity index (χ0n) is 15.4. The van der Waals surface area contributed by atoms with Crippen LogP contribution in [0.2, 0.25) is 0 Å². The monoisotopic (exact) mass is 366 g/mol. The summed E-state index contributed by atoms with van der Waals surface area (Å²) in [5.41, 5.74) is 1.54. The van der Waals surface area contributed by atoms with Crippen LogP contribution in [-0.2, 0) is 11.2 Å². The Kier molecular flexibility index (Phi) is 6.10. The number of nitrogens with one attached hydrogen (secondary N) is 1. The summed E-state index contributed by atoms with van der Waals surface area (Å²) in [5, 5.41) is 2.87. The number of hydrogen-bond acceptors (Lipinski definition) is 5. The number of aryl methyl sites for hydroxylation is 1. The van der Waals surface area contributed by atoms with Gasteiger partial charge in [-0.05, 0) is 31.2 Å². The first-order chi connectivity index (χ1) is 13.2. The van der Waals surface area contributed by atoms with Gasteiger partial charge in [-0.15, -0.1) is 0 Å². The maximum Gasteiger partial charge on any atom is 0.224 e. The minimum atomic E-state index is -0.122. The Morgan fingerprint density at radius 1 is 1.19 bits per heavy atom. The number of anilines is 1. The van der Waals surface area contributed by atoms with Crippen LogP contribution in [0.4, 0.5) is 5.69 Å². The van der Waals surface area contributed by atoms with E-state index in [0.717, 1.165) is 11.3 Å². The molecule has 0 radical (unpaired) electrons. The number of ether oxygens (including phenoxy) is 2. The van der Waals surface area contributed by atoms with E-state index >= 15 is 0 Å². The summed E-state index contributed by atoms with van der Waals surface area (Å²) in [4.78, 5) is 16.5. The highest BCUT2D eigenvalue weighted by molar-refractivity contribution is 5.92. The van der Waals surface area contributed by atoms with Gasteiger partial charge in [-0.3, -0.25) is 4.79 Å².